The Hall–Kier alpha value is -1.99. The molecule has 3 aromatic heterocycles. The lowest BCUT2D eigenvalue weighted by Gasteiger charge is -2.21. The van der Waals surface area contributed by atoms with Gasteiger partial charge in [0.05, 0.1) is 17.6 Å². The molecule has 0 saturated carbocycles. The minimum absolute atomic E-state index is 0.394. The Balaban J connectivity index is 1.50. The fraction of sp³-hybridized carbons (Fsp3) is 0.400. The fourth-order valence-electron chi connectivity index (χ4n) is 3.00. The predicted molar refractivity (Wildman–Crippen MR) is 83.2 cm³/mol. The number of aryl methyl sites for hydroxylation is 1. The van der Waals surface area contributed by atoms with E-state index in [0.717, 1.165) is 17.8 Å². The van der Waals surface area contributed by atoms with Crippen LogP contribution in [0.15, 0.2) is 34.4 Å². The lowest BCUT2D eigenvalue weighted by Crippen LogP contribution is -2.22. The number of aromatic nitrogens is 4. The van der Waals surface area contributed by atoms with Crippen molar-refractivity contribution in [2.75, 3.05) is 6.54 Å². The first-order valence-electron chi connectivity index (χ1n) is 7.38. The van der Waals surface area contributed by atoms with Crippen LogP contribution in [0.3, 0.4) is 0 Å². The summed E-state index contributed by atoms with van der Waals surface area (Å²) in [5.74, 6) is 1.36. The number of hydrogen-bond donors (Lipinski definition) is 0. The van der Waals surface area contributed by atoms with Gasteiger partial charge in [-0.1, -0.05) is 11.2 Å². The van der Waals surface area contributed by atoms with Crippen molar-refractivity contribution in [3.05, 3.63) is 41.4 Å². The maximum atomic E-state index is 5.42. The molecule has 0 unspecified atom stereocenters. The summed E-state index contributed by atoms with van der Waals surface area (Å²) >= 11 is 1.62. The smallest absolute Gasteiger partial charge is 0.241 e. The van der Waals surface area contributed by atoms with Gasteiger partial charge in [-0.15, -0.1) is 11.3 Å². The second-order valence-corrected chi connectivity index (χ2v) is 6.51. The topological polar surface area (TPSA) is 60.0 Å². The van der Waals surface area contributed by atoms with Crippen LogP contribution in [0.5, 0.6) is 0 Å². The summed E-state index contributed by atoms with van der Waals surface area (Å²) in [6.45, 7) is 1.74. The van der Waals surface area contributed by atoms with Crippen molar-refractivity contribution in [1.82, 2.24) is 24.8 Å². The Morgan fingerprint density at radius 2 is 2.41 bits per heavy atom. The van der Waals surface area contributed by atoms with Gasteiger partial charge in [0, 0.05) is 24.8 Å². The third-order valence-corrected chi connectivity index (χ3v) is 4.89. The molecule has 0 radical (unpaired) electrons. The third-order valence-electron chi connectivity index (χ3n) is 4.02. The maximum Gasteiger partial charge on any atom is 0.241 e. The second-order valence-electron chi connectivity index (χ2n) is 5.56. The minimum atomic E-state index is 0.394. The lowest BCUT2D eigenvalue weighted by atomic mass is 10.1. The highest BCUT2D eigenvalue weighted by atomic mass is 32.1. The van der Waals surface area contributed by atoms with Crippen LogP contribution in [-0.2, 0) is 13.6 Å². The van der Waals surface area contributed by atoms with Crippen molar-refractivity contribution < 1.29 is 4.52 Å². The van der Waals surface area contributed by atoms with Crippen LogP contribution in [0.4, 0.5) is 0 Å². The molecule has 1 saturated heterocycles. The zero-order valence-electron chi connectivity index (χ0n) is 12.3. The van der Waals surface area contributed by atoms with Gasteiger partial charge in [0.2, 0.25) is 11.7 Å². The number of thiophene rings is 1. The first-order valence-corrected chi connectivity index (χ1v) is 8.26. The maximum absolute atomic E-state index is 5.42. The van der Waals surface area contributed by atoms with Gasteiger partial charge in [-0.25, -0.2) is 0 Å². The normalized spacial score (nSPS) is 19.0. The predicted octanol–water partition coefficient (Wildman–Crippen LogP) is 2.87. The molecule has 1 aliphatic heterocycles. The molecule has 0 N–H and O–H groups in total. The molecular weight excluding hydrogens is 298 g/mol. The Bertz CT molecular complexity index is 748. The van der Waals surface area contributed by atoms with E-state index >= 15 is 0 Å². The molecular formula is C15H17N5OS. The molecule has 1 fully saturated rings. The first-order chi connectivity index (χ1) is 10.8. The van der Waals surface area contributed by atoms with E-state index in [0.29, 0.717) is 24.3 Å². The van der Waals surface area contributed by atoms with Crippen molar-refractivity contribution in [1.29, 1.82) is 0 Å². The van der Waals surface area contributed by atoms with E-state index in [4.69, 9.17) is 4.52 Å². The molecule has 0 aromatic carbocycles. The summed E-state index contributed by atoms with van der Waals surface area (Å²) < 4.78 is 7.28. The van der Waals surface area contributed by atoms with Crippen LogP contribution in [-0.4, -0.2) is 31.4 Å². The van der Waals surface area contributed by atoms with Crippen molar-refractivity contribution in [2.24, 2.45) is 7.05 Å². The average Bonchev–Trinajstić information content (AvgIpc) is 3.26. The van der Waals surface area contributed by atoms with Crippen LogP contribution < -0.4 is 0 Å². The fourth-order valence-corrected chi connectivity index (χ4v) is 3.65. The van der Waals surface area contributed by atoms with Gasteiger partial charge in [-0.3, -0.25) is 9.58 Å². The Morgan fingerprint density at radius 1 is 1.45 bits per heavy atom. The number of likely N-dealkylation sites (tertiary alicyclic amines) is 1. The SMILES string of the molecule is Cn1cc([C@@H]2CCCN2Cc2nc(-c3cccs3)no2)cn1. The Labute approximate surface area is 132 Å². The molecule has 3 aromatic rings. The van der Waals surface area contributed by atoms with Crippen molar-refractivity contribution >= 4 is 11.3 Å². The van der Waals surface area contributed by atoms with E-state index in [1.807, 2.05) is 35.4 Å². The van der Waals surface area contributed by atoms with E-state index < -0.39 is 0 Å². The molecule has 1 atom stereocenters. The highest BCUT2D eigenvalue weighted by Crippen LogP contribution is 2.33. The Kier molecular flexibility index (Phi) is 3.51. The molecule has 4 heterocycles. The number of rotatable bonds is 4. The summed E-state index contributed by atoms with van der Waals surface area (Å²) in [6, 6.07) is 4.40. The van der Waals surface area contributed by atoms with Gasteiger partial charge < -0.3 is 4.52 Å². The van der Waals surface area contributed by atoms with Crippen LogP contribution in [0.2, 0.25) is 0 Å². The average molecular weight is 315 g/mol. The molecule has 6 nitrogen and oxygen atoms in total. The van der Waals surface area contributed by atoms with Crippen LogP contribution in [0, 0.1) is 0 Å². The molecule has 0 amide bonds. The van der Waals surface area contributed by atoms with Crippen LogP contribution >= 0.6 is 11.3 Å². The molecule has 0 spiro atoms. The van der Waals surface area contributed by atoms with Crippen molar-refractivity contribution in [3.8, 4) is 10.7 Å². The van der Waals surface area contributed by atoms with E-state index in [1.54, 1.807) is 11.3 Å². The summed E-state index contributed by atoms with van der Waals surface area (Å²) in [7, 11) is 1.95. The van der Waals surface area contributed by atoms with Gasteiger partial charge in [-0.2, -0.15) is 10.1 Å². The molecule has 22 heavy (non-hydrogen) atoms. The molecule has 1 aliphatic rings. The first kappa shape index (κ1) is 13.7. The zero-order chi connectivity index (χ0) is 14.9. The van der Waals surface area contributed by atoms with Crippen LogP contribution in [0.1, 0.15) is 30.3 Å². The minimum Gasteiger partial charge on any atom is -0.338 e. The van der Waals surface area contributed by atoms with E-state index in [2.05, 4.69) is 26.3 Å². The van der Waals surface area contributed by atoms with E-state index in [1.165, 1.54) is 12.0 Å². The lowest BCUT2D eigenvalue weighted by molar-refractivity contribution is 0.212. The largest absolute Gasteiger partial charge is 0.338 e. The van der Waals surface area contributed by atoms with E-state index in [-0.39, 0.29) is 0 Å². The Morgan fingerprint density at radius 3 is 3.18 bits per heavy atom. The molecule has 114 valence electrons. The second kappa shape index (κ2) is 5.66. The van der Waals surface area contributed by atoms with Gasteiger partial charge in [0.25, 0.3) is 0 Å². The highest BCUT2D eigenvalue weighted by molar-refractivity contribution is 7.13. The summed E-state index contributed by atoms with van der Waals surface area (Å²) in [4.78, 5) is 7.95. The summed E-state index contributed by atoms with van der Waals surface area (Å²) in [6.07, 6.45) is 6.38. The van der Waals surface area contributed by atoms with Gasteiger partial charge in [-0.05, 0) is 30.8 Å². The number of nitrogens with zero attached hydrogens (tertiary/aromatic N) is 5. The quantitative estimate of drug-likeness (QED) is 0.741. The van der Waals surface area contributed by atoms with Gasteiger partial charge in [0.1, 0.15) is 0 Å². The molecule has 0 aliphatic carbocycles. The summed E-state index contributed by atoms with van der Waals surface area (Å²) in [5.41, 5.74) is 1.26. The molecule has 7 heteroatoms. The standard InChI is InChI=1S/C15H17N5OS/c1-19-9-11(8-16-19)12-4-2-6-20(12)10-14-17-15(18-21-14)13-5-3-7-22-13/h3,5,7-9,12H,2,4,6,10H2,1H3/t12-/m0/s1. The summed E-state index contributed by atoms with van der Waals surface area (Å²) in [5, 5.41) is 10.4. The van der Waals surface area contributed by atoms with Crippen molar-refractivity contribution in [2.45, 2.75) is 25.4 Å². The molecule has 4 rings (SSSR count). The van der Waals surface area contributed by atoms with Crippen molar-refractivity contribution in [3.63, 3.8) is 0 Å². The van der Waals surface area contributed by atoms with E-state index in [9.17, 15) is 0 Å². The van der Waals surface area contributed by atoms with Crippen LogP contribution in [0.25, 0.3) is 10.7 Å². The van der Waals surface area contributed by atoms with Gasteiger partial charge >= 0.3 is 0 Å². The third kappa shape index (κ3) is 2.57. The van der Waals surface area contributed by atoms with Gasteiger partial charge in [0.15, 0.2) is 0 Å². The molecule has 0 bridgehead atoms. The number of hydrogen-bond acceptors (Lipinski definition) is 6. The zero-order valence-corrected chi connectivity index (χ0v) is 13.2. The monoisotopic (exact) mass is 315 g/mol. The highest BCUT2D eigenvalue weighted by Gasteiger charge is 2.28.